The topological polar surface area (TPSA) is 148 Å². The highest BCUT2D eigenvalue weighted by atomic mass is 32.1. The molecule has 0 spiro atoms. The number of amides is 1. The number of thiophene rings is 1. The molecule has 1 aromatic carbocycles. The number of unbranched alkanes of at least 4 members (excludes halogenated alkanes) is 2. The molecule has 1 aliphatic heterocycles. The fourth-order valence-electron chi connectivity index (χ4n) is 5.23. The molecule has 0 aliphatic carbocycles. The van der Waals surface area contributed by atoms with E-state index in [-0.39, 0.29) is 11.9 Å². The molecule has 1 aromatic heterocycles. The molecule has 1 saturated heterocycles. The Kier molecular flexibility index (Phi) is 13.2. The number of carbonyl (C=O) groups is 2. The summed E-state index contributed by atoms with van der Waals surface area (Å²) in [6.45, 7) is 3.11. The molecule has 0 saturated carbocycles. The van der Waals surface area contributed by atoms with Crippen LogP contribution in [0, 0.1) is 0 Å². The smallest absolute Gasteiger partial charge is 0.348 e. The summed E-state index contributed by atoms with van der Waals surface area (Å²) in [4.78, 5) is 28.4. The summed E-state index contributed by atoms with van der Waals surface area (Å²) >= 11 is 1.29. The van der Waals surface area contributed by atoms with Gasteiger partial charge < -0.3 is 35.2 Å². The zero-order valence-corrected chi connectivity index (χ0v) is 24.8. The first kappa shape index (κ1) is 33.2. The molecule has 1 fully saturated rings. The Morgan fingerprint density at radius 1 is 1.02 bits per heavy atom. The first-order valence-corrected chi connectivity index (χ1v) is 15.5. The summed E-state index contributed by atoms with van der Waals surface area (Å²) in [6.07, 6.45) is 1.88. The van der Waals surface area contributed by atoms with E-state index < -0.39 is 43.6 Å². The first-order chi connectivity index (χ1) is 19.7. The predicted molar refractivity (Wildman–Crippen MR) is 158 cm³/mol. The van der Waals surface area contributed by atoms with Crippen LogP contribution >= 0.6 is 11.3 Å². The molecule has 3 rings (SSSR count). The SMILES string of the molecule is CCCCC[C@H](C)c1ccc(N2C(=O)CC[C@@H]2CCCc2ccc(C(=O)OC[C@@H](O)[C@@H](O)[C@@H](O)[C@@H](O)CO)s2)cc1. The largest absolute Gasteiger partial charge is 0.459 e. The van der Waals surface area contributed by atoms with Gasteiger partial charge in [-0.3, -0.25) is 4.79 Å². The quantitative estimate of drug-likeness (QED) is 0.139. The lowest BCUT2D eigenvalue weighted by Crippen LogP contribution is -2.47. The zero-order valence-electron chi connectivity index (χ0n) is 24.0. The molecule has 2 aromatic rings. The minimum atomic E-state index is -1.79. The summed E-state index contributed by atoms with van der Waals surface area (Å²) in [5.74, 6) is -0.00456. The molecule has 41 heavy (non-hydrogen) atoms. The Hall–Kier alpha value is -2.34. The zero-order chi connectivity index (χ0) is 29.9. The maximum atomic E-state index is 12.7. The van der Waals surface area contributed by atoms with E-state index in [4.69, 9.17) is 9.84 Å². The predicted octanol–water partition coefficient (Wildman–Crippen LogP) is 3.54. The van der Waals surface area contributed by atoms with Gasteiger partial charge in [-0.25, -0.2) is 4.79 Å². The van der Waals surface area contributed by atoms with Gasteiger partial charge in [-0.1, -0.05) is 45.2 Å². The van der Waals surface area contributed by atoms with Gasteiger partial charge in [0.1, 0.15) is 35.9 Å². The van der Waals surface area contributed by atoms with Crippen molar-refractivity contribution < 1.29 is 39.9 Å². The van der Waals surface area contributed by atoms with Gasteiger partial charge in [0.05, 0.1) is 6.61 Å². The molecule has 1 aliphatic rings. The van der Waals surface area contributed by atoms with Crippen LogP contribution in [-0.4, -0.2) is 81.1 Å². The van der Waals surface area contributed by atoms with Gasteiger partial charge in [0.2, 0.25) is 5.91 Å². The van der Waals surface area contributed by atoms with Crippen LogP contribution < -0.4 is 4.90 Å². The Morgan fingerprint density at radius 3 is 2.41 bits per heavy atom. The van der Waals surface area contributed by atoms with Crippen LogP contribution in [0.15, 0.2) is 36.4 Å². The Balaban J connectivity index is 1.47. The van der Waals surface area contributed by atoms with E-state index >= 15 is 0 Å². The fraction of sp³-hybridized carbons (Fsp3) is 0.613. The Bertz CT molecular complexity index is 1090. The number of carbonyl (C=O) groups excluding carboxylic acids is 2. The molecule has 0 unspecified atom stereocenters. The number of hydrogen-bond acceptors (Lipinski definition) is 9. The lowest BCUT2D eigenvalue weighted by molar-refractivity contribution is -0.124. The molecule has 0 radical (unpaired) electrons. The van der Waals surface area contributed by atoms with Gasteiger partial charge in [-0.05, 0) is 67.9 Å². The summed E-state index contributed by atoms with van der Waals surface area (Å²) in [6, 6.07) is 12.1. The molecule has 228 valence electrons. The number of aryl methyl sites for hydroxylation is 1. The number of benzene rings is 1. The lowest BCUT2D eigenvalue weighted by Gasteiger charge is -2.25. The van der Waals surface area contributed by atoms with Crippen molar-refractivity contribution in [3.05, 3.63) is 51.7 Å². The molecule has 10 heteroatoms. The molecule has 5 N–H and O–H groups in total. The van der Waals surface area contributed by atoms with E-state index in [1.165, 1.54) is 42.6 Å². The third kappa shape index (κ3) is 9.33. The molecule has 2 heterocycles. The Labute approximate surface area is 246 Å². The second-order valence-corrected chi connectivity index (χ2v) is 12.2. The number of ether oxygens (including phenoxy) is 1. The van der Waals surface area contributed by atoms with Crippen molar-refractivity contribution in [2.24, 2.45) is 0 Å². The maximum Gasteiger partial charge on any atom is 0.348 e. The second kappa shape index (κ2) is 16.3. The average Bonchev–Trinajstić information content (AvgIpc) is 3.61. The first-order valence-electron chi connectivity index (χ1n) is 14.7. The number of aliphatic hydroxyl groups is 5. The van der Waals surface area contributed by atoms with Crippen LogP contribution in [0.4, 0.5) is 5.69 Å². The van der Waals surface area contributed by atoms with Crippen molar-refractivity contribution >= 4 is 28.9 Å². The van der Waals surface area contributed by atoms with Crippen molar-refractivity contribution in [3.63, 3.8) is 0 Å². The number of aliphatic hydroxyl groups excluding tert-OH is 5. The molecule has 1 amide bonds. The van der Waals surface area contributed by atoms with Crippen molar-refractivity contribution in [1.29, 1.82) is 0 Å². The van der Waals surface area contributed by atoms with Crippen LogP contribution in [0.3, 0.4) is 0 Å². The standard InChI is InChI=1S/C31H45NO8S/c1-3-4-5-7-20(2)21-10-12-23(13-11-21)32-22(14-17-28(32)36)8-6-9-24-15-16-27(41-24)31(39)40-19-26(35)30(38)29(37)25(34)18-33/h10-13,15-16,20,22,25-26,29-30,33-35,37-38H,3-9,14,17-19H2,1-2H3/t20-,22-,25-,26+,29-,30+/m0/s1. The van der Waals surface area contributed by atoms with Gasteiger partial charge in [-0.2, -0.15) is 0 Å². The van der Waals surface area contributed by atoms with Gasteiger partial charge >= 0.3 is 5.97 Å². The third-order valence-electron chi connectivity index (χ3n) is 7.84. The van der Waals surface area contributed by atoms with E-state index in [0.29, 0.717) is 17.2 Å². The van der Waals surface area contributed by atoms with Crippen LogP contribution in [0.2, 0.25) is 0 Å². The summed E-state index contributed by atoms with van der Waals surface area (Å²) in [5.41, 5.74) is 2.26. The van der Waals surface area contributed by atoms with Crippen LogP contribution in [0.5, 0.6) is 0 Å². The number of esters is 1. The highest BCUT2D eigenvalue weighted by molar-refractivity contribution is 7.13. The third-order valence-corrected chi connectivity index (χ3v) is 8.97. The molecule has 6 atom stereocenters. The summed E-state index contributed by atoms with van der Waals surface area (Å²) in [5, 5.41) is 47.7. The molecule has 9 nitrogen and oxygen atoms in total. The fourth-order valence-corrected chi connectivity index (χ4v) is 6.17. The molecule has 0 bridgehead atoms. The number of nitrogens with zero attached hydrogens (tertiary/aromatic N) is 1. The van der Waals surface area contributed by atoms with E-state index in [1.807, 2.05) is 11.0 Å². The van der Waals surface area contributed by atoms with E-state index in [1.54, 1.807) is 6.07 Å². The van der Waals surface area contributed by atoms with Gasteiger partial charge in [0, 0.05) is 23.0 Å². The van der Waals surface area contributed by atoms with Crippen LogP contribution in [0.1, 0.15) is 91.2 Å². The molecular weight excluding hydrogens is 546 g/mol. The monoisotopic (exact) mass is 591 g/mol. The number of anilines is 1. The van der Waals surface area contributed by atoms with Gasteiger partial charge in [0.15, 0.2) is 0 Å². The maximum absolute atomic E-state index is 12.7. The van der Waals surface area contributed by atoms with E-state index in [9.17, 15) is 30.0 Å². The van der Waals surface area contributed by atoms with E-state index in [0.717, 1.165) is 36.2 Å². The van der Waals surface area contributed by atoms with Gasteiger partial charge in [-0.15, -0.1) is 11.3 Å². The highest BCUT2D eigenvalue weighted by Gasteiger charge is 2.32. The van der Waals surface area contributed by atoms with Crippen molar-refractivity contribution in [3.8, 4) is 0 Å². The highest BCUT2D eigenvalue weighted by Crippen LogP contribution is 2.32. The number of hydrogen-bond donors (Lipinski definition) is 5. The lowest BCUT2D eigenvalue weighted by atomic mass is 9.95. The van der Waals surface area contributed by atoms with Crippen molar-refractivity contribution in [2.75, 3.05) is 18.1 Å². The van der Waals surface area contributed by atoms with Crippen LogP contribution in [-0.2, 0) is 16.0 Å². The van der Waals surface area contributed by atoms with Crippen molar-refractivity contribution in [1.82, 2.24) is 0 Å². The average molecular weight is 592 g/mol. The number of rotatable bonds is 17. The van der Waals surface area contributed by atoms with Crippen LogP contribution in [0.25, 0.3) is 0 Å². The summed E-state index contributed by atoms with van der Waals surface area (Å²) < 4.78 is 5.06. The Morgan fingerprint density at radius 2 is 1.73 bits per heavy atom. The minimum absolute atomic E-state index is 0.146. The normalized spacial score (nSPS) is 19.1. The van der Waals surface area contributed by atoms with Crippen molar-refractivity contribution in [2.45, 2.75) is 108 Å². The van der Waals surface area contributed by atoms with Gasteiger partial charge in [0.25, 0.3) is 0 Å². The molecular formula is C31H45NO8S. The second-order valence-electron chi connectivity index (χ2n) is 11.0. The minimum Gasteiger partial charge on any atom is -0.459 e. The summed E-state index contributed by atoms with van der Waals surface area (Å²) in [7, 11) is 0. The van der Waals surface area contributed by atoms with E-state index in [2.05, 4.69) is 38.1 Å².